The molecule has 20 heavy (non-hydrogen) atoms. The molecule has 0 saturated carbocycles. The number of nitrogens with one attached hydrogen (secondary N) is 2. The Bertz CT molecular complexity index is 481. The molecule has 0 aromatic carbocycles. The van der Waals surface area contributed by atoms with Crippen molar-refractivity contribution in [1.29, 1.82) is 0 Å². The summed E-state index contributed by atoms with van der Waals surface area (Å²) in [6, 6.07) is 7.64. The number of guanidine groups is 1. The molecule has 0 amide bonds. The molecule has 0 saturated heterocycles. The summed E-state index contributed by atoms with van der Waals surface area (Å²) in [5.74, 6) is 2.60. The van der Waals surface area contributed by atoms with E-state index in [0.717, 1.165) is 37.0 Å². The molecule has 0 aliphatic carbocycles. The number of hydrogen-bond acceptors (Lipinski definition) is 3. The van der Waals surface area contributed by atoms with Crippen LogP contribution in [0.3, 0.4) is 0 Å². The molecule has 2 N–H and O–H groups in total. The highest BCUT2D eigenvalue weighted by Crippen LogP contribution is 2.01. The molecule has 0 aliphatic heterocycles. The molecule has 6 heteroatoms. The number of aliphatic imine (C=N–C) groups is 1. The third-order valence-corrected chi connectivity index (χ3v) is 2.56. The van der Waals surface area contributed by atoms with Crippen LogP contribution < -0.4 is 10.6 Å². The van der Waals surface area contributed by atoms with Gasteiger partial charge in [-0.05, 0) is 31.2 Å². The molecule has 2 aromatic heterocycles. The monoisotopic (exact) mass is 389 g/mol. The summed E-state index contributed by atoms with van der Waals surface area (Å²) in [5.41, 5.74) is 0. The van der Waals surface area contributed by atoms with Gasteiger partial charge in [0, 0.05) is 19.5 Å². The topological polar surface area (TPSA) is 62.7 Å². The van der Waals surface area contributed by atoms with Crippen molar-refractivity contribution < 1.29 is 8.83 Å². The van der Waals surface area contributed by atoms with Gasteiger partial charge in [-0.15, -0.1) is 24.0 Å². The lowest BCUT2D eigenvalue weighted by atomic mass is 10.3. The number of furan rings is 2. The van der Waals surface area contributed by atoms with Crippen LogP contribution in [0.2, 0.25) is 0 Å². The molecule has 2 aromatic rings. The van der Waals surface area contributed by atoms with Crippen LogP contribution in [0.5, 0.6) is 0 Å². The predicted molar refractivity (Wildman–Crippen MR) is 89.4 cm³/mol. The van der Waals surface area contributed by atoms with Crippen LogP contribution >= 0.6 is 24.0 Å². The SMILES string of the molecule is CCNC(=NCc1ccco1)NCCc1ccco1.I. The number of rotatable bonds is 6. The molecule has 2 rings (SSSR count). The smallest absolute Gasteiger partial charge is 0.191 e. The minimum Gasteiger partial charge on any atom is -0.469 e. The van der Waals surface area contributed by atoms with Crippen LogP contribution in [-0.4, -0.2) is 19.0 Å². The summed E-state index contributed by atoms with van der Waals surface area (Å²) in [4.78, 5) is 4.44. The summed E-state index contributed by atoms with van der Waals surface area (Å²) in [5, 5.41) is 6.45. The van der Waals surface area contributed by atoms with Crippen molar-refractivity contribution in [2.45, 2.75) is 19.9 Å². The van der Waals surface area contributed by atoms with Crippen LogP contribution in [0, 0.1) is 0 Å². The Kier molecular flexibility index (Phi) is 7.86. The summed E-state index contributed by atoms with van der Waals surface area (Å²) >= 11 is 0. The van der Waals surface area contributed by atoms with Gasteiger partial charge in [0.2, 0.25) is 0 Å². The fraction of sp³-hybridized carbons (Fsp3) is 0.357. The lowest BCUT2D eigenvalue weighted by Gasteiger charge is -2.10. The van der Waals surface area contributed by atoms with Gasteiger partial charge in [0.15, 0.2) is 5.96 Å². The Hall–Kier alpha value is -1.44. The van der Waals surface area contributed by atoms with E-state index in [1.807, 2.05) is 31.2 Å². The van der Waals surface area contributed by atoms with Gasteiger partial charge >= 0.3 is 0 Å². The van der Waals surface area contributed by atoms with Crippen LogP contribution in [0.1, 0.15) is 18.4 Å². The van der Waals surface area contributed by atoms with E-state index in [1.54, 1.807) is 12.5 Å². The summed E-state index contributed by atoms with van der Waals surface area (Å²) < 4.78 is 10.5. The summed E-state index contributed by atoms with van der Waals surface area (Å²) in [6.45, 7) is 4.17. The van der Waals surface area contributed by atoms with E-state index in [4.69, 9.17) is 8.83 Å². The first-order chi connectivity index (χ1) is 9.38. The summed E-state index contributed by atoms with van der Waals surface area (Å²) in [6.07, 6.45) is 4.17. The highest BCUT2D eigenvalue weighted by atomic mass is 127. The van der Waals surface area contributed by atoms with E-state index in [2.05, 4.69) is 15.6 Å². The van der Waals surface area contributed by atoms with E-state index in [1.165, 1.54) is 0 Å². The minimum atomic E-state index is 0. The van der Waals surface area contributed by atoms with Crippen molar-refractivity contribution in [2.75, 3.05) is 13.1 Å². The van der Waals surface area contributed by atoms with Crippen molar-refractivity contribution in [3.8, 4) is 0 Å². The highest BCUT2D eigenvalue weighted by molar-refractivity contribution is 14.0. The quantitative estimate of drug-likeness (QED) is 0.453. The largest absolute Gasteiger partial charge is 0.469 e. The van der Waals surface area contributed by atoms with Gasteiger partial charge < -0.3 is 19.5 Å². The van der Waals surface area contributed by atoms with E-state index in [-0.39, 0.29) is 24.0 Å². The molecular weight excluding hydrogens is 369 g/mol. The molecule has 0 aliphatic rings. The second kappa shape index (κ2) is 9.46. The lowest BCUT2D eigenvalue weighted by Crippen LogP contribution is -2.38. The Morgan fingerprint density at radius 1 is 1.10 bits per heavy atom. The molecule has 5 nitrogen and oxygen atoms in total. The zero-order valence-corrected chi connectivity index (χ0v) is 13.8. The van der Waals surface area contributed by atoms with Crippen molar-refractivity contribution in [3.05, 3.63) is 48.3 Å². The number of halogens is 1. The number of hydrogen-bond donors (Lipinski definition) is 2. The Balaban J connectivity index is 0.00000200. The molecule has 0 unspecified atom stereocenters. The summed E-state index contributed by atoms with van der Waals surface area (Å²) in [7, 11) is 0. The van der Waals surface area contributed by atoms with Crippen molar-refractivity contribution in [3.63, 3.8) is 0 Å². The average molecular weight is 389 g/mol. The second-order valence-electron chi connectivity index (χ2n) is 4.03. The van der Waals surface area contributed by atoms with Crippen LogP contribution in [0.4, 0.5) is 0 Å². The Morgan fingerprint density at radius 3 is 2.40 bits per heavy atom. The lowest BCUT2D eigenvalue weighted by molar-refractivity contribution is 0.505. The van der Waals surface area contributed by atoms with E-state index < -0.39 is 0 Å². The van der Waals surface area contributed by atoms with Crippen LogP contribution in [0.15, 0.2) is 50.6 Å². The number of nitrogens with zero attached hydrogens (tertiary/aromatic N) is 1. The molecule has 2 heterocycles. The second-order valence-corrected chi connectivity index (χ2v) is 4.03. The first-order valence-electron chi connectivity index (χ1n) is 6.45. The van der Waals surface area contributed by atoms with E-state index in [0.29, 0.717) is 6.54 Å². The third kappa shape index (κ3) is 5.68. The first-order valence-corrected chi connectivity index (χ1v) is 6.45. The van der Waals surface area contributed by atoms with Gasteiger partial charge in [0.1, 0.15) is 18.1 Å². The molecule has 0 fully saturated rings. The third-order valence-electron chi connectivity index (χ3n) is 2.56. The van der Waals surface area contributed by atoms with E-state index >= 15 is 0 Å². The van der Waals surface area contributed by atoms with Crippen LogP contribution in [-0.2, 0) is 13.0 Å². The molecule has 0 bridgehead atoms. The molecule has 0 atom stereocenters. The van der Waals surface area contributed by atoms with E-state index in [9.17, 15) is 0 Å². The Labute approximate surface area is 135 Å². The first kappa shape index (κ1) is 16.6. The normalized spacial score (nSPS) is 10.9. The maximum absolute atomic E-state index is 5.28. The fourth-order valence-electron chi connectivity index (χ4n) is 1.66. The fourth-order valence-corrected chi connectivity index (χ4v) is 1.66. The predicted octanol–water partition coefficient (Wildman–Crippen LogP) is 2.79. The zero-order valence-electron chi connectivity index (χ0n) is 11.5. The standard InChI is InChI=1S/C14H19N3O2.HI/c1-2-15-14(17-11-13-6-4-10-19-13)16-8-7-12-5-3-9-18-12;/h3-6,9-10H,2,7-8,11H2,1H3,(H2,15,16,17);1H. The highest BCUT2D eigenvalue weighted by Gasteiger charge is 2.00. The molecular formula is C14H20IN3O2. The van der Waals surface area contributed by atoms with Gasteiger partial charge in [0.25, 0.3) is 0 Å². The maximum atomic E-state index is 5.28. The Morgan fingerprint density at radius 2 is 1.80 bits per heavy atom. The van der Waals surface area contributed by atoms with Gasteiger partial charge in [-0.25, -0.2) is 4.99 Å². The maximum Gasteiger partial charge on any atom is 0.191 e. The average Bonchev–Trinajstić information content (AvgIpc) is 3.09. The van der Waals surface area contributed by atoms with Gasteiger partial charge in [-0.1, -0.05) is 0 Å². The van der Waals surface area contributed by atoms with Gasteiger partial charge in [-0.3, -0.25) is 0 Å². The van der Waals surface area contributed by atoms with Crippen LogP contribution in [0.25, 0.3) is 0 Å². The zero-order chi connectivity index (χ0) is 13.3. The van der Waals surface area contributed by atoms with Crippen molar-refractivity contribution in [2.24, 2.45) is 4.99 Å². The van der Waals surface area contributed by atoms with Gasteiger partial charge in [0.05, 0.1) is 12.5 Å². The molecule has 0 spiro atoms. The van der Waals surface area contributed by atoms with Gasteiger partial charge in [-0.2, -0.15) is 0 Å². The minimum absolute atomic E-state index is 0. The van der Waals surface area contributed by atoms with Crippen molar-refractivity contribution >= 4 is 29.9 Å². The molecule has 110 valence electrons. The molecule has 0 radical (unpaired) electrons. The van der Waals surface area contributed by atoms with Crippen molar-refractivity contribution in [1.82, 2.24) is 10.6 Å².